The minimum atomic E-state index is -0.422. The van der Waals surface area contributed by atoms with Crippen LogP contribution in [0.1, 0.15) is 22.8 Å². The summed E-state index contributed by atoms with van der Waals surface area (Å²) in [4.78, 5) is 16.3. The Morgan fingerprint density at radius 1 is 1.38 bits per heavy atom. The van der Waals surface area contributed by atoms with E-state index in [0.717, 1.165) is 5.56 Å². The number of anilines is 2. The van der Waals surface area contributed by atoms with E-state index in [-0.39, 0.29) is 5.91 Å². The average molecular weight is 352 g/mol. The van der Waals surface area contributed by atoms with Crippen LogP contribution in [0.5, 0.6) is 0 Å². The van der Waals surface area contributed by atoms with Crippen molar-refractivity contribution in [3.8, 4) is 0 Å². The van der Waals surface area contributed by atoms with E-state index in [4.69, 9.17) is 0 Å². The summed E-state index contributed by atoms with van der Waals surface area (Å²) < 4.78 is 14.0. The molecule has 1 amide bonds. The van der Waals surface area contributed by atoms with Crippen molar-refractivity contribution in [2.45, 2.75) is 13.8 Å². The molecule has 0 radical (unpaired) electrons. The van der Waals surface area contributed by atoms with Gasteiger partial charge in [-0.25, -0.2) is 4.39 Å². The van der Waals surface area contributed by atoms with Crippen molar-refractivity contribution >= 4 is 33.2 Å². The van der Waals surface area contributed by atoms with Crippen LogP contribution in [0.3, 0.4) is 0 Å². The van der Waals surface area contributed by atoms with Gasteiger partial charge in [0.2, 0.25) is 0 Å². The Bertz CT molecular complexity index is 676. The fraction of sp³-hybridized carbons (Fsp3) is 0.200. The predicted molar refractivity (Wildman–Crippen MR) is 85.2 cm³/mol. The fourth-order valence-corrected chi connectivity index (χ4v) is 2.35. The van der Waals surface area contributed by atoms with Crippen molar-refractivity contribution in [3.05, 3.63) is 52.0 Å². The van der Waals surface area contributed by atoms with Crippen LogP contribution in [0.2, 0.25) is 0 Å². The summed E-state index contributed by atoms with van der Waals surface area (Å²) in [6.07, 6.45) is 3.09. The van der Waals surface area contributed by atoms with E-state index in [9.17, 15) is 9.18 Å². The highest BCUT2D eigenvalue weighted by Crippen LogP contribution is 2.25. The van der Waals surface area contributed by atoms with Crippen LogP contribution in [0.4, 0.5) is 15.8 Å². The summed E-state index contributed by atoms with van der Waals surface area (Å²) in [5, 5.41) is 5.81. The maximum absolute atomic E-state index is 13.6. The van der Waals surface area contributed by atoms with Crippen LogP contribution in [0.25, 0.3) is 0 Å². The smallest absolute Gasteiger partial charge is 0.259 e. The predicted octanol–water partition coefficient (Wildman–Crippen LogP) is 3.98. The van der Waals surface area contributed by atoms with Crippen LogP contribution in [-0.2, 0) is 0 Å². The summed E-state index contributed by atoms with van der Waals surface area (Å²) in [6, 6.07) is 4.65. The van der Waals surface area contributed by atoms with Gasteiger partial charge in [0.15, 0.2) is 0 Å². The zero-order valence-corrected chi connectivity index (χ0v) is 13.3. The largest absolute Gasteiger partial charge is 0.385 e. The molecule has 1 aromatic carbocycles. The number of rotatable bonds is 4. The van der Waals surface area contributed by atoms with E-state index in [2.05, 4.69) is 31.5 Å². The van der Waals surface area contributed by atoms with Crippen molar-refractivity contribution < 1.29 is 9.18 Å². The van der Waals surface area contributed by atoms with Gasteiger partial charge in [0, 0.05) is 24.6 Å². The van der Waals surface area contributed by atoms with Crippen molar-refractivity contribution in [1.29, 1.82) is 0 Å². The number of benzene rings is 1. The third-order valence-corrected chi connectivity index (χ3v) is 3.56. The summed E-state index contributed by atoms with van der Waals surface area (Å²) >= 11 is 3.12. The highest BCUT2D eigenvalue weighted by atomic mass is 79.9. The van der Waals surface area contributed by atoms with Gasteiger partial charge in [-0.1, -0.05) is 0 Å². The minimum Gasteiger partial charge on any atom is -0.385 e. The number of nitrogens with one attached hydrogen (secondary N) is 2. The van der Waals surface area contributed by atoms with Gasteiger partial charge < -0.3 is 10.6 Å². The number of pyridine rings is 1. The van der Waals surface area contributed by atoms with Crippen LogP contribution in [0.15, 0.2) is 35.1 Å². The first-order valence-corrected chi connectivity index (χ1v) is 7.27. The normalized spacial score (nSPS) is 10.3. The molecule has 2 aromatic rings. The molecular formula is C15H15BrFN3O. The van der Waals surface area contributed by atoms with Crippen LogP contribution < -0.4 is 10.6 Å². The molecule has 0 aliphatic heterocycles. The van der Waals surface area contributed by atoms with E-state index in [1.54, 1.807) is 25.3 Å². The first-order valence-electron chi connectivity index (χ1n) is 6.47. The second-order valence-corrected chi connectivity index (χ2v) is 5.34. The number of halogens is 2. The number of aryl methyl sites for hydroxylation is 1. The molecule has 0 saturated carbocycles. The molecule has 4 nitrogen and oxygen atoms in total. The van der Waals surface area contributed by atoms with E-state index in [1.165, 1.54) is 12.3 Å². The minimum absolute atomic E-state index is 0.330. The lowest BCUT2D eigenvalue weighted by atomic mass is 10.1. The van der Waals surface area contributed by atoms with Crippen molar-refractivity contribution in [2.24, 2.45) is 0 Å². The molecule has 0 unspecified atom stereocenters. The molecule has 2 N–H and O–H groups in total. The molecular weight excluding hydrogens is 337 g/mol. The van der Waals surface area contributed by atoms with Gasteiger partial charge in [-0.3, -0.25) is 9.78 Å². The van der Waals surface area contributed by atoms with E-state index in [1.807, 2.05) is 6.92 Å². The Kier molecular flexibility index (Phi) is 4.90. The monoisotopic (exact) mass is 351 g/mol. The average Bonchev–Trinajstić information content (AvgIpc) is 2.45. The van der Waals surface area contributed by atoms with Gasteiger partial charge in [0.25, 0.3) is 5.91 Å². The summed E-state index contributed by atoms with van der Waals surface area (Å²) in [7, 11) is 0. The Morgan fingerprint density at radius 3 is 2.86 bits per heavy atom. The third-order valence-electron chi connectivity index (χ3n) is 2.95. The highest BCUT2D eigenvalue weighted by Gasteiger charge is 2.14. The lowest BCUT2D eigenvalue weighted by Gasteiger charge is -2.12. The number of hydrogen-bond donors (Lipinski definition) is 2. The van der Waals surface area contributed by atoms with Crippen molar-refractivity contribution in [3.63, 3.8) is 0 Å². The first kappa shape index (κ1) is 15.4. The van der Waals surface area contributed by atoms with Crippen molar-refractivity contribution in [2.75, 3.05) is 17.2 Å². The summed E-state index contributed by atoms with van der Waals surface area (Å²) in [5.41, 5.74) is 2.32. The molecule has 6 heteroatoms. The lowest BCUT2D eigenvalue weighted by molar-refractivity contribution is 0.102. The maximum atomic E-state index is 13.6. The first-order chi connectivity index (χ1) is 10.0. The van der Waals surface area contributed by atoms with Crippen LogP contribution in [-0.4, -0.2) is 17.4 Å². The quantitative estimate of drug-likeness (QED) is 0.875. The van der Waals surface area contributed by atoms with Crippen LogP contribution in [0, 0.1) is 12.7 Å². The molecule has 0 fully saturated rings. The standard InChI is InChI=1S/C15H15BrFN3O/c1-3-19-13-4-5-18-8-10(13)15(21)20-14-7-12(17)11(16)6-9(14)2/h4-8H,3H2,1-2H3,(H,18,19)(H,20,21). The zero-order chi connectivity index (χ0) is 15.4. The summed E-state index contributed by atoms with van der Waals surface area (Å²) in [6.45, 7) is 4.43. The molecule has 2 rings (SSSR count). The van der Waals surface area contributed by atoms with Crippen molar-refractivity contribution in [1.82, 2.24) is 4.98 Å². The van der Waals surface area contributed by atoms with Gasteiger partial charge in [0.05, 0.1) is 15.7 Å². The molecule has 110 valence electrons. The molecule has 0 atom stereocenters. The summed E-state index contributed by atoms with van der Waals surface area (Å²) in [5.74, 6) is -0.752. The number of aromatic nitrogens is 1. The Morgan fingerprint density at radius 2 is 2.14 bits per heavy atom. The zero-order valence-electron chi connectivity index (χ0n) is 11.7. The molecule has 0 aliphatic carbocycles. The molecule has 0 bridgehead atoms. The second-order valence-electron chi connectivity index (χ2n) is 4.49. The van der Waals surface area contributed by atoms with Gasteiger partial charge in [-0.05, 0) is 53.5 Å². The van der Waals surface area contributed by atoms with Gasteiger partial charge in [-0.2, -0.15) is 0 Å². The van der Waals surface area contributed by atoms with Gasteiger partial charge >= 0.3 is 0 Å². The third kappa shape index (κ3) is 3.58. The highest BCUT2D eigenvalue weighted by molar-refractivity contribution is 9.10. The fourth-order valence-electron chi connectivity index (χ4n) is 1.89. The molecule has 21 heavy (non-hydrogen) atoms. The lowest BCUT2D eigenvalue weighted by Crippen LogP contribution is -2.16. The topological polar surface area (TPSA) is 54.0 Å². The van der Waals surface area contributed by atoms with E-state index in [0.29, 0.717) is 28.0 Å². The Balaban J connectivity index is 2.28. The molecule has 1 heterocycles. The Labute approximate surface area is 130 Å². The number of nitrogens with zero attached hydrogens (tertiary/aromatic N) is 1. The molecule has 0 aliphatic rings. The number of hydrogen-bond acceptors (Lipinski definition) is 3. The number of carbonyl (C=O) groups is 1. The number of carbonyl (C=O) groups excluding carboxylic acids is 1. The van der Waals surface area contributed by atoms with Gasteiger partial charge in [-0.15, -0.1) is 0 Å². The molecule has 0 spiro atoms. The Hall–Kier alpha value is -1.95. The molecule has 1 aromatic heterocycles. The number of amides is 1. The van der Waals surface area contributed by atoms with E-state index >= 15 is 0 Å². The molecule has 0 saturated heterocycles. The second kappa shape index (κ2) is 6.67. The van der Waals surface area contributed by atoms with E-state index < -0.39 is 5.82 Å². The van der Waals surface area contributed by atoms with Gasteiger partial charge in [0.1, 0.15) is 5.82 Å². The maximum Gasteiger partial charge on any atom is 0.259 e. The van der Waals surface area contributed by atoms with Crippen LogP contribution >= 0.6 is 15.9 Å². The SMILES string of the molecule is CCNc1ccncc1C(=O)Nc1cc(F)c(Br)cc1C.